The van der Waals surface area contributed by atoms with Crippen LogP contribution in [0.1, 0.15) is 12.6 Å². The van der Waals surface area contributed by atoms with Crippen molar-refractivity contribution in [1.29, 1.82) is 0 Å². The van der Waals surface area contributed by atoms with Crippen molar-refractivity contribution >= 4 is 16.5 Å². The Balaban J connectivity index is 2.47. The molecule has 0 radical (unpaired) electrons. The zero-order chi connectivity index (χ0) is 10.7. The van der Waals surface area contributed by atoms with E-state index in [4.69, 9.17) is 5.84 Å². The Morgan fingerprint density at radius 3 is 2.67 bits per heavy atom. The van der Waals surface area contributed by atoms with Crippen LogP contribution in [0.2, 0.25) is 0 Å². The summed E-state index contributed by atoms with van der Waals surface area (Å²) < 4.78 is 0. The van der Waals surface area contributed by atoms with Crippen molar-refractivity contribution in [3.05, 3.63) is 36.0 Å². The number of aromatic nitrogens is 1. The van der Waals surface area contributed by atoms with E-state index in [1.165, 1.54) is 10.4 Å². The Kier molecular flexibility index (Phi) is 2.99. The molecule has 0 saturated carbocycles. The van der Waals surface area contributed by atoms with Crippen LogP contribution >= 0.6 is 11.3 Å². The van der Waals surface area contributed by atoms with Gasteiger partial charge in [0.05, 0.1) is 10.6 Å². The average molecular weight is 219 g/mol. The van der Waals surface area contributed by atoms with E-state index in [0.29, 0.717) is 0 Å². The molecule has 0 amide bonds. The molecule has 78 valence electrons. The van der Waals surface area contributed by atoms with Gasteiger partial charge in [0.25, 0.3) is 0 Å². The molecular weight excluding hydrogens is 206 g/mol. The SMILES string of the molecule is CCc1nc(NN)sc1-c1ccccc1. The Hall–Kier alpha value is -1.39. The van der Waals surface area contributed by atoms with Gasteiger partial charge < -0.3 is 0 Å². The fourth-order valence-electron chi connectivity index (χ4n) is 1.47. The molecule has 3 N–H and O–H groups in total. The van der Waals surface area contributed by atoms with Crippen molar-refractivity contribution in [3.63, 3.8) is 0 Å². The first-order chi connectivity index (χ1) is 7.35. The lowest BCUT2D eigenvalue weighted by Gasteiger charge is -1.98. The van der Waals surface area contributed by atoms with Gasteiger partial charge in [-0.25, -0.2) is 10.8 Å². The van der Waals surface area contributed by atoms with Crippen molar-refractivity contribution in [2.45, 2.75) is 13.3 Å². The molecule has 0 bridgehead atoms. The minimum atomic E-state index is 0.769. The number of hydrogen-bond acceptors (Lipinski definition) is 4. The van der Waals surface area contributed by atoms with Crippen LogP contribution in [0, 0.1) is 0 Å². The number of benzene rings is 1. The summed E-state index contributed by atoms with van der Waals surface area (Å²) in [7, 11) is 0. The highest BCUT2D eigenvalue weighted by atomic mass is 32.1. The van der Waals surface area contributed by atoms with Gasteiger partial charge in [-0.2, -0.15) is 0 Å². The second-order valence-corrected chi connectivity index (χ2v) is 4.16. The lowest BCUT2D eigenvalue weighted by molar-refractivity contribution is 1.06. The highest BCUT2D eigenvalue weighted by Gasteiger charge is 2.10. The van der Waals surface area contributed by atoms with Crippen molar-refractivity contribution in [2.24, 2.45) is 5.84 Å². The first kappa shape index (κ1) is 10.1. The minimum Gasteiger partial charge on any atom is -0.300 e. The van der Waals surface area contributed by atoms with E-state index in [1.54, 1.807) is 11.3 Å². The monoisotopic (exact) mass is 219 g/mol. The number of rotatable bonds is 3. The van der Waals surface area contributed by atoms with Gasteiger partial charge in [0, 0.05) is 0 Å². The van der Waals surface area contributed by atoms with E-state index in [2.05, 4.69) is 29.5 Å². The molecule has 0 aliphatic heterocycles. The van der Waals surface area contributed by atoms with Crippen LogP contribution in [0.3, 0.4) is 0 Å². The zero-order valence-electron chi connectivity index (χ0n) is 8.53. The third-order valence-corrected chi connectivity index (χ3v) is 3.27. The Morgan fingerprint density at radius 2 is 2.07 bits per heavy atom. The summed E-state index contributed by atoms with van der Waals surface area (Å²) in [6.45, 7) is 2.10. The van der Waals surface area contributed by atoms with Crippen molar-refractivity contribution in [2.75, 3.05) is 5.43 Å². The highest BCUT2D eigenvalue weighted by Crippen LogP contribution is 2.32. The van der Waals surface area contributed by atoms with Crippen LogP contribution in [-0.2, 0) is 6.42 Å². The molecule has 3 nitrogen and oxygen atoms in total. The number of nitrogens with two attached hydrogens (primary N) is 1. The van der Waals surface area contributed by atoms with Gasteiger partial charge in [0.2, 0.25) is 0 Å². The Labute approximate surface area is 92.9 Å². The van der Waals surface area contributed by atoms with Gasteiger partial charge in [0.1, 0.15) is 0 Å². The van der Waals surface area contributed by atoms with Crippen molar-refractivity contribution in [3.8, 4) is 10.4 Å². The number of anilines is 1. The molecule has 0 aliphatic rings. The summed E-state index contributed by atoms with van der Waals surface area (Å²) in [5.74, 6) is 5.36. The molecule has 2 aromatic rings. The summed E-state index contributed by atoms with van der Waals surface area (Å²) in [5, 5.41) is 0.769. The zero-order valence-corrected chi connectivity index (χ0v) is 9.34. The van der Waals surface area contributed by atoms with Crippen LogP contribution in [-0.4, -0.2) is 4.98 Å². The number of nitrogens with zero attached hydrogens (tertiary/aromatic N) is 1. The quantitative estimate of drug-likeness (QED) is 0.616. The maximum Gasteiger partial charge on any atom is 0.197 e. The second-order valence-electron chi connectivity index (χ2n) is 3.16. The number of hydrogen-bond donors (Lipinski definition) is 2. The fraction of sp³-hybridized carbons (Fsp3) is 0.182. The van der Waals surface area contributed by atoms with Gasteiger partial charge in [-0.15, -0.1) is 0 Å². The van der Waals surface area contributed by atoms with Gasteiger partial charge in [0.15, 0.2) is 5.13 Å². The van der Waals surface area contributed by atoms with Crippen LogP contribution < -0.4 is 11.3 Å². The maximum atomic E-state index is 5.36. The van der Waals surface area contributed by atoms with E-state index >= 15 is 0 Å². The topological polar surface area (TPSA) is 50.9 Å². The molecule has 0 spiro atoms. The summed E-state index contributed by atoms with van der Waals surface area (Å²) in [5.41, 5.74) is 4.90. The third kappa shape index (κ3) is 2.00. The number of nitrogen functional groups attached to an aromatic ring is 1. The van der Waals surface area contributed by atoms with Gasteiger partial charge in [-0.05, 0) is 12.0 Å². The normalized spacial score (nSPS) is 10.3. The largest absolute Gasteiger partial charge is 0.300 e. The van der Waals surface area contributed by atoms with E-state index in [9.17, 15) is 0 Å². The first-order valence-electron chi connectivity index (χ1n) is 4.87. The summed E-state index contributed by atoms with van der Waals surface area (Å²) >= 11 is 1.59. The van der Waals surface area contributed by atoms with E-state index in [-0.39, 0.29) is 0 Å². The van der Waals surface area contributed by atoms with Crippen LogP contribution in [0.15, 0.2) is 30.3 Å². The maximum absolute atomic E-state index is 5.36. The van der Waals surface area contributed by atoms with Crippen LogP contribution in [0.25, 0.3) is 10.4 Å². The number of nitrogens with one attached hydrogen (secondary N) is 1. The number of thiazole rings is 1. The summed E-state index contributed by atoms with van der Waals surface area (Å²) in [6.07, 6.45) is 0.919. The Morgan fingerprint density at radius 1 is 1.33 bits per heavy atom. The third-order valence-electron chi connectivity index (χ3n) is 2.19. The molecule has 0 aliphatic carbocycles. The molecule has 1 aromatic carbocycles. The molecule has 2 rings (SSSR count). The van der Waals surface area contributed by atoms with Crippen molar-refractivity contribution < 1.29 is 0 Å². The fourth-order valence-corrected chi connectivity index (χ4v) is 2.44. The average Bonchev–Trinajstić information content (AvgIpc) is 2.73. The van der Waals surface area contributed by atoms with Crippen LogP contribution in [0.4, 0.5) is 5.13 Å². The van der Waals surface area contributed by atoms with Crippen molar-refractivity contribution in [1.82, 2.24) is 4.98 Å². The first-order valence-corrected chi connectivity index (χ1v) is 5.68. The summed E-state index contributed by atoms with van der Waals surface area (Å²) in [4.78, 5) is 5.61. The predicted octanol–water partition coefficient (Wildman–Crippen LogP) is 2.66. The van der Waals surface area contributed by atoms with E-state index < -0.39 is 0 Å². The molecule has 1 aromatic heterocycles. The standard InChI is InChI=1S/C11H13N3S/c1-2-9-10(15-11(13-9)14-12)8-6-4-3-5-7-8/h3-7H,2,12H2,1H3,(H,13,14). The van der Waals surface area contributed by atoms with Crippen LogP contribution in [0.5, 0.6) is 0 Å². The molecule has 0 atom stereocenters. The molecule has 15 heavy (non-hydrogen) atoms. The molecule has 1 heterocycles. The van der Waals surface area contributed by atoms with Gasteiger partial charge in [-0.1, -0.05) is 48.6 Å². The van der Waals surface area contributed by atoms with E-state index in [0.717, 1.165) is 17.2 Å². The van der Waals surface area contributed by atoms with Gasteiger partial charge in [-0.3, -0.25) is 5.43 Å². The summed E-state index contributed by atoms with van der Waals surface area (Å²) in [6, 6.07) is 10.3. The predicted molar refractivity (Wildman–Crippen MR) is 64.7 cm³/mol. The lowest BCUT2D eigenvalue weighted by Crippen LogP contribution is -2.05. The Bertz CT molecular complexity index is 436. The van der Waals surface area contributed by atoms with Gasteiger partial charge >= 0.3 is 0 Å². The molecule has 0 saturated heterocycles. The highest BCUT2D eigenvalue weighted by molar-refractivity contribution is 7.19. The molecule has 0 unspecified atom stereocenters. The molecular formula is C11H13N3S. The second kappa shape index (κ2) is 4.42. The number of hydrazine groups is 1. The molecule has 4 heteroatoms. The smallest absolute Gasteiger partial charge is 0.197 e. The molecule has 0 fully saturated rings. The lowest BCUT2D eigenvalue weighted by atomic mass is 10.1. The minimum absolute atomic E-state index is 0.769. The number of aryl methyl sites for hydroxylation is 1. The van der Waals surface area contributed by atoms with E-state index in [1.807, 2.05) is 18.2 Å².